The van der Waals surface area contributed by atoms with Crippen LogP contribution in [0.2, 0.25) is 0 Å². The maximum Gasteiger partial charge on any atom is 0.227 e. The first-order chi connectivity index (χ1) is 9.56. The molecule has 1 aromatic heterocycles. The second kappa shape index (κ2) is 5.29. The van der Waals surface area contributed by atoms with Gasteiger partial charge in [0, 0.05) is 35.7 Å². The van der Waals surface area contributed by atoms with E-state index in [2.05, 4.69) is 22.6 Å². The van der Waals surface area contributed by atoms with Gasteiger partial charge in [-0.3, -0.25) is 9.59 Å². The lowest BCUT2D eigenvalue weighted by Crippen LogP contribution is -2.31. The van der Waals surface area contributed by atoms with Crippen LogP contribution in [0.1, 0.15) is 27.9 Å². The van der Waals surface area contributed by atoms with Gasteiger partial charge in [0.1, 0.15) is 0 Å². The molecule has 20 heavy (non-hydrogen) atoms. The average molecular weight is 397 g/mol. The topological polar surface area (TPSA) is 37.4 Å². The lowest BCUT2D eigenvalue weighted by atomic mass is 9.96. The summed E-state index contributed by atoms with van der Waals surface area (Å²) < 4.78 is 1.11. The summed E-state index contributed by atoms with van der Waals surface area (Å²) in [6.45, 7) is 0. The molecule has 0 saturated heterocycles. The summed E-state index contributed by atoms with van der Waals surface area (Å²) in [5.41, 5.74) is 3.42. The van der Waals surface area contributed by atoms with Gasteiger partial charge in [-0.2, -0.15) is 0 Å². The molecule has 1 aromatic carbocycles. The summed E-state index contributed by atoms with van der Waals surface area (Å²) >= 11 is 3.78. The molecule has 3 rings (SSSR count). The minimum absolute atomic E-state index is 0.0477. The number of hydrogen-bond acceptors (Lipinski definition) is 3. The summed E-state index contributed by atoms with van der Waals surface area (Å²) in [6.07, 6.45) is 1.22. The normalized spacial score (nSPS) is 14.3. The highest BCUT2D eigenvalue weighted by Gasteiger charge is 2.22. The molecule has 1 aliphatic rings. The van der Waals surface area contributed by atoms with Gasteiger partial charge in [-0.1, -0.05) is 0 Å². The Kier molecular flexibility index (Phi) is 3.64. The molecular formula is C15H12INO2S. The fourth-order valence-corrected chi connectivity index (χ4v) is 3.72. The zero-order chi connectivity index (χ0) is 14.3. The maximum absolute atomic E-state index is 12.4. The molecule has 0 radical (unpaired) electrons. The molecule has 0 atom stereocenters. The van der Waals surface area contributed by atoms with Gasteiger partial charge >= 0.3 is 0 Å². The SMILES string of the molecule is CN1C(=O)CCc2cc(C(=O)c3csc(I)c3)ccc21. The largest absolute Gasteiger partial charge is 0.315 e. The highest BCUT2D eigenvalue weighted by molar-refractivity contribution is 14.1. The van der Waals surface area contributed by atoms with Crippen molar-refractivity contribution in [3.63, 3.8) is 0 Å². The molecule has 0 fully saturated rings. The van der Waals surface area contributed by atoms with Crippen molar-refractivity contribution in [1.29, 1.82) is 0 Å². The molecule has 0 N–H and O–H groups in total. The van der Waals surface area contributed by atoms with Crippen LogP contribution in [-0.4, -0.2) is 18.7 Å². The molecular weight excluding hydrogens is 385 g/mol. The van der Waals surface area contributed by atoms with Crippen molar-refractivity contribution in [2.24, 2.45) is 0 Å². The third-order valence-electron chi connectivity index (χ3n) is 3.51. The number of carbonyl (C=O) groups excluding carboxylic acids is 2. The van der Waals surface area contributed by atoms with Crippen molar-refractivity contribution in [2.75, 3.05) is 11.9 Å². The van der Waals surface area contributed by atoms with Gasteiger partial charge in [0.2, 0.25) is 5.91 Å². The van der Waals surface area contributed by atoms with Gasteiger partial charge in [0.05, 0.1) is 2.88 Å². The Bertz CT molecular complexity index is 708. The predicted molar refractivity (Wildman–Crippen MR) is 88.6 cm³/mol. The number of nitrogens with zero attached hydrogens (tertiary/aromatic N) is 1. The summed E-state index contributed by atoms with van der Waals surface area (Å²) in [7, 11) is 1.78. The molecule has 0 saturated carbocycles. The van der Waals surface area contributed by atoms with Gasteiger partial charge in [-0.15, -0.1) is 11.3 Å². The third-order valence-corrected chi connectivity index (χ3v) is 5.30. The van der Waals surface area contributed by atoms with Crippen molar-refractivity contribution >= 4 is 51.3 Å². The van der Waals surface area contributed by atoms with E-state index in [9.17, 15) is 9.59 Å². The van der Waals surface area contributed by atoms with Crippen LogP contribution in [0.3, 0.4) is 0 Å². The minimum atomic E-state index is 0.0477. The van der Waals surface area contributed by atoms with Crippen LogP contribution in [0.25, 0.3) is 0 Å². The van der Waals surface area contributed by atoms with E-state index < -0.39 is 0 Å². The number of rotatable bonds is 2. The van der Waals surface area contributed by atoms with Crippen LogP contribution in [0.4, 0.5) is 5.69 Å². The first-order valence-electron chi connectivity index (χ1n) is 6.24. The Labute approximate surface area is 134 Å². The van der Waals surface area contributed by atoms with Gasteiger partial charge in [0.25, 0.3) is 0 Å². The second-order valence-electron chi connectivity index (χ2n) is 4.76. The van der Waals surface area contributed by atoms with Crippen molar-refractivity contribution in [1.82, 2.24) is 0 Å². The molecule has 0 spiro atoms. The van der Waals surface area contributed by atoms with E-state index in [0.717, 1.165) is 19.7 Å². The maximum atomic E-state index is 12.4. The van der Waals surface area contributed by atoms with E-state index in [1.165, 1.54) is 0 Å². The molecule has 0 aliphatic carbocycles. The number of thiophene rings is 1. The smallest absolute Gasteiger partial charge is 0.227 e. The number of ketones is 1. The molecule has 102 valence electrons. The zero-order valence-electron chi connectivity index (χ0n) is 10.9. The van der Waals surface area contributed by atoms with E-state index in [4.69, 9.17) is 0 Å². The molecule has 3 nitrogen and oxygen atoms in total. The Morgan fingerprint density at radius 3 is 2.75 bits per heavy atom. The number of anilines is 1. The number of halogens is 1. The lowest BCUT2D eigenvalue weighted by molar-refractivity contribution is -0.118. The van der Waals surface area contributed by atoms with Crippen LogP contribution in [-0.2, 0) is 11.2 Å². The van der Waals surface area contributed by atoms with Crippen LogP contribution >= 0.6 is 33.9 Å². The Morgan fingerprint density at radius 2 is 2.05 bits per heavy atom. The third kappa shape index (κ3) is 2.40. The van der Waals surface area contributed by atoms with Crippen molar-refractivity contribution < 1.29 is 9.59 Å². The summed E-state index contributed by atoms with van der Waals surface area (Å²) in [4.78, 5) is 25.7. The molecule has 0 bridgehead atoms. The van der Waals surface area contributed by atoms with E-state index >= 15 is 0 Å². The van der Waals surface area contributed by atoms with Gasteiger partial charge in [-0.25, -0.2) is 0 Å². The van der Waals surface area contributed by atoms with Crippen LogP contribution in [0, 0.1) is 2.88 Å². The fourth-order valence-electron chi connectivity index (χ4n) is 2.39. The highest BCUT2D eigenvalue weighted by Crippen LogP contribution is 2.29. The first kappa shape index (κ1) is 13.8. The van der Waals surface area contributed by atoms with Gasteiger partial charge < -0.3 is 4.90 Å². The van der Waals surface area contributed by atoms with Crippen molar-refractivity contribution in [3.8, 4) is 0 Å². The van der Waals surface area contributed by atoms with E-state index in [1.54, 1.807) is 29.4 Å². The van der Waals surface area contributed by atoms with Crippen LogP contribution < -0.4 is 4.90 Å². The quantitative estimate of drug-likeness (QED) is 0.575. The first-order valence-corrected chi connectivity index (χ1v) is 8.20. The number of hydrogen-bond donors (Lipinski definition) is 0. The average Bonchev–Trinajstić information content (AvgIpc) is 2.88. The zero-order valence-corrected chi connectivity index (χ0v) is 13.8. The monoisotopic (exact) mass is 397 g/mol. The minimum Gasteiger partial charge on any atom is -0.315 e. The van der Waals surface area contributed by atoms with Crippen molar-refractivity contribution in [2.45, 2.75) is 12.8 Å². The number of carbonyl (C=O) groups is 2. The Balaban J connectivity index is 1.97. The van der Waals surface area contributed by atoms with E-state index in [0.29, 0.717) is 18.4 Å². The Morgan fingerprint density at radius 1 is 1.25 bits per heavy atom. The molecule has 0 unspecified atom stereocenters. The lowest BCUT2D eigenvalue weighted by Gasteiger charge is -2.25. The Hall–Kier alpha value is -1.21. The molecule has 1 aliphatic heterocycles. The number of aryl methyl sites for hydroxylation is 1. The number of benzene rings is 1. The van der Waals surface area contributed by atoms with E-state index in [1.807, 2.05) is 23.6 Å². The van der Waals surface area contributed by atoms with Crippen molar-refractivity contribution in [3.05, 3.63) is 49.2 Å². The molecule has 1 amide bonds. The molecule has 2 aromatic rings. The van der Waals surface area contributed by atoms with E-state index in [-0.39, 0.29) is 11.7 Å². The summed E-state index contributed by atoms with van der Waals surface area (Å²) in [5, 5.41) is 1.89. The number of amides is 1. The molecule has 5 heteroatoms. The molecule has 2 heterocycles. The fraction of sp³-hybridized carbons (Fsp3) is 0.200. The van der Waals surface area contributed by atoms with Crippen LogP contribution in [0.5, 0.6) is 0 Å². The summed E-state index contributed by atoms with van der Waals surface area (Å²) in [5.74, 6) is 0.176. The summed E-state index contributed by atoms with van der Waals surface area (Å²) in [6, 6.07) is 7.51. The highest BCUT2D eigenvalue weighted by atomic mass is 127. The second-order valence-corrected chi connectivity index (χ2v) is 7.57. The van der Waals surface area contributed by atoms with Gasteiger partial charge in [-0.05, 0) is 58.8 Å². The van der Waals surface area contributed by atoms with Crippen LogP contribution in [0.15, 0.2) is 29.6 Å². The standard InChI is InChI=1S/C15H12INO2S/c1-17-12-4-2-10(6-9(12)3-5-14(17)18)15(19)11-7-13(16)20-8-11/h2,4,6-8H,3,5H2,1H3. The van der Waals surface area contributed by atoms with Gasteiger partial charge in [0.15, 0.2) is 5.78 Å². The predicted octanol–water partition coefficient (Wildman–Crippen LogP) is 3.49. The number of fused-ring (bicyclic) bond motifs is 1.